The highest BCUT2D eigenvalue weighted by Gasteiger charge is 2.43. The van der Waals surface area contributed by atoms with Crippen molar-refractivity contribution >= 4 is 23.4 Å². The summed E-state index contributed by atoms with van der Waals surface area (Å²) >= 11 is 6.05. The molecule has 0 spiro atoms. The van der Waals surface area contributed by atoms with Crippen molar-refractivity contribution in [2.75, 3.05) is 6.54 Å². The quantitative estimate of drug-likeness (QED) is 0.742. The Balaban J connectivity index is 1.87. The zero-order valence-electron chi connectivity index (χ0n) is 16.9. The molecule has 2 amide bonds. The zero-order chi connectivity index (χ0) is 20.3. The van der Waals surface area contributed by atoms with Crippen molar-refractivity contribution in [3.05, 3.63) is 34.9 Å². The average molecular weight is 406 g/mol. The van der Waals surface area contributed by atoms with Gasteiger partial charge in [0, 0.05) is 36.0 Å². The number of hydrogen-bond donors (Lipinski definition) is 1. The van der Waals surface area contributed by atoms with Crippen LogP contribution in [0.15, 0.2) is 24.3 Å². The Bertz CT molecular complexity index is 686. The van der Waals surface area contributed by atoms with E-state index in [1.54, 1.807) is 0 Å². The third-order valence-electron chi connectivity index (χ3n) is 6.12. The van der Waals surface area contributed by atoms with Gasteiger partial charge in [0.1, 0.15) is 0 Å². The minimum atomic E-state index is -0.329. The zero-order valence-corrected chi connectivity index (χ0v) is 17.7. The molecule has 1 aliphatic carbocycles. The molecule has 2 atom stereocenters. The van der Waals surface area contributed by atoms with Gasteiger partial charge < -0.3 is 10.6 Å². The van der Waals surface area contributed by atoms with Crippen LogP contribution in [0.25, 0.3) is 0 Å². The molecule has 0 aromatic heterocycles. The van der Waals surface area contributed by atoms with Crippen LogP contribution in [0, 0.1) is 5.92 Å². The fourth-order valence-electron chi connectivity index (χ4n) is 4.59. The Morgan fingerprint density at radius 2 is 1.79 bits per heavy atom. The van der Waals surface area contributed by atoms with Crippen LogP contribution >= 0.6 is 11.6 Å². The van der Waals surface area contributed by atoms with E-state index in [-0.39, 0.29) is 36.4 Å². The lowest BCUT2D eigenvalue weighted by atomic mass is 9.90. The summed E-state index contributed by atoms with van der Waals surface area (Å²) < 4.78 is 0. The molecule has 1 heterocycles. The largest absolute Gasteiger partial charge is 0.370 e. The first kappa shape index (κ1) is 21.1. The molecule has 2 aliphatic rings. The van der Waals surface area contributed by atoms with Gasteiger partial charge in [0.05, 0.1) is 6.17 Å². The van der Waals surface area contributed by atoms with Crippen LogP contribution in [0.4, 0.5) is 0 Å². The first-order valence-corrected chi connectivity index (χ1v) is 10.9. The second-order valence-electron chi connectivity index (χ2n) is 8.44. The lowest BCUT2D eigenvalue weighted by Crippen LogP contribution is -2.63. The predicted molar refractivity (Wildman–Crippen MR) is 112 cm³/mol. The summed E-state index contributed by atoms with van der Waals surface area (Å²) in [5.74, 6) is -0.143. The molecule has 28 heavy (non-hydrogen) atoms. The summed E-state index contributed by atoms with van der Waals surface area (Å²) in [6.45, 7) is 4.81. The number of benzene rings is 1. The maximum atomic E-state index is 13.1. The number of primary amides is 1. The van der Waals surface area contributed by atoms with Crippen LogP contribution in [-0.4, -0.2) is 40.4 Å². The molecular weight excluding hydrogens is 374 g/mol. The van der Waals surface area contributed by atoms with E-state index in [0.717, 1.165) is 31.4 Å². The van der Waals surface area contributed by atoms with Crippen molar-refractivity contribution in [1.29, 1.82) is 0 Å². The lowest BCUT2D eigenvalue weighted by molar-refractivity contribution is -0.157. The Morgan fingerprint density at radius 3 is 2.29 bits per heavy atom. The Labute approximate surface area is 173 Å². The number of amides is 2. The standard InChI is InChI=1S/C22H32ClN3O2/c1-15(2)22(28)26(18-6-4-3-5-7-18)21-12-13-25(21)19(14-20(24)27)16-8-10-17(23)11-9-16/h8-11,15,18-19,21H,3-7,12-14H2,1-2H3,(H2,24,27)/t19-,21?/m0/s1. The Morgan fingerprint density at radius 1 is 1.14 bits per heavy atom. The van der Waals surface area contributed by atoms with Crippen LogP contribution in [0.2, 0.25) is 5.02 Å². The first-order valence-electron chi connectivity index (χ1n) is 10.5. The fraction of sp³-hybridized carbons (Fsp3) is 0.636. The number of halogens is 1. The second-order valence-corrected chi connectivity index (χ2v) is 8.87. The SMILES string of the molecule is CC(C)C(=O)N(C1CCCCC1)C1CCN1[C@@H](CC(N)=O)c1ccc(Cl)cc1. The van der Waals surface area contributed by atoms with Gasteiger partial charge >= 0.3 is 0 Å². The van der Waals surface area contributed by atoms with Gasteiger partial charge in [0.15, 0.2) is 0 Å². The van der Waals surface area contributed by atoms with Crippen LogP contribution in [0.3, 0.4) is 0 Å². The normalized spacial score (nSPS) is 21.9. The van der Waals surface area contributed by atoms with Crippen LogP contribution in [0.5, 0.6) is 0 Å². The molecule has 1 saturated heterocycles. The maximum absolute atomic E-state index is 13.1. The topological polar surface area (TPSA) is 66.6 Å². The number of rotatable bonds is 7. The third kappa shape index (κ3) is 4.69. The number of nitrogens with zero attached hydrogens (tertiary/aromatic N) is 2. The average Bonchev–Trinajstić information content (AvgIpc) is 2.65. The fourth-order valence-corrected chi connectivity index (χ4v) is 4.71. The van der Waals surface area contributed by atoms with Crippen LogP contribution in [-0.2, 0) is 9.59 Å². The van der Waals surface area contributed by atoms with Gasteiger partial charge in [-0.15, -0.1) is 0 Å². The van der Waals surface area contributed by atoms with E-state index in [9.17, 15) is 9.59 Å². The minimum Gasteiger partial charge on any atom is -0.370 e. The van der Waals surface area contributed by atoms with E-state index in [0.29, 0.717) is 11.1 Å². The van der Waals surface area contributed by atoms with Gasteiger partial charge in [-0.05, 0) is 37.0 Å². The summed E-state index contributed by atoms with van der Waals surface area (Å²) in [6, 6.07) is 7.78. The van der Waals surface area contributed by atoms with Crippen LogP contribution in [0.1, 0.15) is 70.4 Å². The molecule has 3 rings (SSSR count). The van der Waals surface area contributed by atoms with E-state index >= 15 is 0 Å². The van der Waals surface area contributed by atoms with Crippen LogP contribution < -0.4 is 5.73 Å². The monoisotopic (exact) mass is 405 g/mol. The molecule has 2 N–H and O–H groups in total. The van der Waals surface area contributed by atoms with Gasteiger partial charge in [-0.3, -0.25) is 14.5 Å². The number of nitrogens with two attached hydrogens (primary N) is 1. The summed E-state index contributed by atoms with van der Waals surface area (Å²) in [6.07, 6.45) is 6.99. The van der Waals surface area contributed by atoms with Gasteiger partial charge in [-0.25, -0.2) is 0 Å². The first-order chi connectivity index (χ1) is 13.4. The highest BCUT2D eigenvalue weighted by atomic mass is 35.5. The molecule has 0 radical (unpaired) electrons. The van der Waals surface area contributed by atoms with Crippen molar-refractivity contribution < 1.29 is 9.59 Å². The number of carbonyl (C=O) groups is 2. The van der Waals surface area contributed by atoms with E-state index in [2.05, 4.69) is 9.80 Å². The number of carbonyl (C=O) groups excluding carboxylic acids is 2. The molecule has 5 nitrogen and oxygen atoms in total. The summed E-state index contributed by atoms with van der Waals surface area (Å²) in [4.78, 5) is 29.4. The highest BCUT2D eigenvalue weighted by molar-refractivity contribution is 6.30. The summed E-state index contributed by atoms with van der Waals surface area (Å²) in [5.41, 5.74) is 6.60. The molecule has 154 valence electrons. The highest BCUT2D eigenvalue weighted by Crippen LogP contribution is 2.38. The molecule has 1 saturated carbocycles. The molecule has 1 unspecified atom stereocenters. The van der Waals surface area contributed by atoms with E-state index in [1.807, 2.05) is 38.1 Å². The molecule has 0 bridgehead atoms. The number of likely N-dealkylation sites (tertiary alicyclic amines) is 1. The van der Waals surface area contributed by atoms with Crippen molar-refractivity contribution in [3.8, 4) is 0 Å². The minimum absolute atomic E-state index is 0.0329. The van der Waals surface area contributed by atoms with Gasteiger partial charge in [0.2, 0.25) is 11.8 Å². The summed E-state index contributed by atoms with van der Waals surface area (Å²) in [5, 5.41) is 0.667. The van der Waals surface area contributed by atoms with Gasteiger partial charge in [-0.2, -0.15) is 0 Å². The molecule has 6 heteroatoms. The lowest BCUT2D eigenvalue weighted by Gasteiger charge is -2.54. The maximum Gasteiger partial charge on any atom is 0.226 e. The third-order valence-corrected chi connectivity index (χ3v) is 6.37. The van der Waals surface area contributed by atoms with E-state index in [4.69, 9.17) is 17.3 Å². The van der Waals surface area contributed by atoms with Crippen molar-refractivity contribution in [2.24, 2.45) is 11.7 Å². The van der Waals surface area contributed by atoms with Crippen molar-refractivity contribution in [1.82, 2.24) is 9.80 Å². The molecular formula is C22H32ClN3O2. The van der Waals surface area contributed by atoms with Crippen molar-refractivity contribution in [3.63, 3.8) is 0 Å². The summed E-state index contributed by atoms with van der Waals surface area (Å²) in [7, 11) is 0. The molecule has 1 aliphatic heterocycles. The van der Waals surface area contributed by atoms with E-state index in [1.165, 1.54) is 19.3 Å². The Kier molecular flexibility index (Phi) is 7.00. The smallest absolute Gasteiger partial charge is 0.226 e. The molecule has 1 aromatic rings. The second kappa shape index (κ2) is 9.27. The van der Waals surface area contributed by atoms with Crippen molar-refractivity contribution in [2.45, 2.75) is 77.0 Å². The van der Waals surface area contributed by atoms with E-state index < -0.39 is 0 Å². The predicted octanol–water partition coefficient (Wildman–Crippen LogP) is 4.11. The molecule has 1 aromatic carbocycles. The molecule has 2 fully saturated rings. The Hall–Kier alpha value is -1.59. The van der Waals surface area contributed by atoms with Gasteiger partial charge in [-0.1, -0.05) is 56.8 Å². The number of hydrogen-bond acceptors (Lipinski definition) is 3. The van der Waals surface area contributed by atoms with Gasteiger partial charge in [0.25, 0.3) is 0 Å².